The van der Waals surface area contributed by atoms with E-state index in [0.717, 1.165) is 0 Å². The second-order valence-corrected chi connectivity index (χ2v) is 3.85. The van der Waals surface area contributed by atoms with E-state index in [9.17, 15) is 28.8 Å². The number of urea groups is 1. The lowest BCUT2D eigenvalue weighted by Crippen LogP contribution is -2.44. The quantitative estimate of drug-likeness (QED) is 0.383. The van der Waals surface area contributed by atoms with Crippen molar-refractivity contribution in [2.75, 3.05) is 6.54 Å². The van der Waals surface area contributed by atoms with Crippen LogP contribution in [0.15, 0.2) is 15.8 Å². The summed E-state index contributed by atoms with van der Waals surface area (Å²) in [4.78, 5) is 68.1. The lowest BCUT2D eigenvalue weighted by atomic mass is 10.3. The van der Waals surface area contributed by atoms with Gasteiger partial charge in [-0.1, -0.05) is 0 Å². The number of carbonyl (C=O) groups is 4. The largest absolute Gasteiger partial charge is 0.480 e. The van der Waals surface area contributed by atoms with Crippen LogP contribution < -0.4 is 21.9 Å². The van der Waals surface area contributed by atoms with Gasteiger partial charge in [-0.2, -0.15) is 0 Å². The van der Waals surface area contributed by atoms with Crippen molar-refractivity contribution in [3.8, 4) is 0 Å². The van der Waals surface area contributed by atoms with Crippen LogP contribution in [0.3, 0.4) is 0 Å². The topological polar surface area (TPSA) is 188 Å². The first-order valence-electron chi connectivity index (χ1n) is 5.57. The van der Waals surface area contributed by atoms with E-state index in [2.05, 4.69) is 0 Å². The van der Waals surface area contributed by atoms with Crippen LogP contribution in [0.4, 0.5) is 4.79 Å². The monoisotopic (exact) mass is 314 g/mol. The van der Waals surface area contributed by atoms with Crippen LogP contribution in [-0.4, -0.2) is 50.2 Å². The van der Waals surface area contributed by atoms with E-state index in [1.54, 1.807) is 10.3 Å². The minimum absolute atomic E-state index is 0.549. The molecule has 0 fully saturated rings. The van der Waals surface area contributed by atoms with Crippen molar-refractivity contribution in [2.45, 2.75) is 6.54 Å². The molecule has 1 aromatic heterocycles. The second-order valence-electron chi connectivity index (χ2n) is 3.85. The molecule has 0 aliphatic carbocycles. The molecule has 0 saturated heterocycles. The van der Waals surface area contributed by atoms with Gasteiger partial charge in [-0.3, -0.25) is 34.0 Å². The highest BCUT2D eigenvalue weighted by molar-refractivity contribution is 6.04. The van der Waals surface area contributed by atoms with E-state index in [4.69, 9.17) is 10.2 Å². The van der Waals surface area contributed by atoms with Gasteiger partial charge >= 0.3 is 23.7 Å². The molecular weight excluding hydrogens is 304 g/mol. The highest BCUT2D eigenvalue weighted by Crippen LogP contribution is 1.89. The lowest BCUT2D eigenvalue weighted by molar-refractivity contribution is -0.138. The summed E-state index contributed by atoms with van der Waals surface area (Å²) < 4.78 is 0.549. The number of rotatable bonds is 5. The average Bonchev–Trinajstić information content (AvgIpc) is 2.38. The first kappa shape index (κ1) is 16.6. The zero-order valence-corrected chi connectivity index (χ0v) is 10.8. The van der Waals surface area contributed by atoms with Crippen LogP contribution in [0, 0.1) is 0 Å². The van der Waals surface area contributed by atoms with Gasteiger partial charge in [0.25, 0.3) is 11.5 Å². The summed E-state index contributed by atoms with van der Waals surface area (Å²) in [7, 11) is 0. The standard InChI is InChI=1S/C10H10N4O8/c15-5(16)1-11-9(21)12-7(19)4-2-14(3-6(17)18)10(22)13-8(4)20/h2H,1,3H2,(H,15,16)(H,17,18)(H,13,20,22)(H2,11,12,19,21). The van der Waals surface area contributed by atoms with E-state index >= 15 is 0 Å². The van der Waals surface area contributed by atoms with E-state index in [-0.39, 0.29) is 0 Å². The summed E-state index contributed by atoms with van der Waals surface area (Å²) in [5.41, 5.74) is -2.86. The molecule has 1 rings (SSSR count). The Balaban J connectivity index is 2.95. The maximum Gasteiger partial charge on any atom is 0.328 e. The van der Waals surface area contributed by atoms with Crippen molar-refractivity contribution >= 4 is 23.9 Å². The third-order valence-electron chi connectivity index (χ3n) is 2.19. The number of aliphatic carboxylic acids is 2. The Bertz CT molecular complexity index is 746. The number of carbonyl (C=O) groups excluding carboxylic acids is 2. The zero-order valence-electron chi connectivity index (χ0n) is 10.8. The van der Waals surface area contributed by atoms with Gasteiger partial charge in [0.2, 0.25) is 0 Å². The van der Waals surface area contributed by atoms with Crippen molar-refractivity contribution in [3.63, 3.8) is 0 Å². The Morgan fingerprint density at radius 1 is 1.14 bits per heavy atom. The van der Waals surface area contributed by atoms with Gasteiger partial charge in [-0.05, 0) is 0 Å². The van der Waals surface area contributed by atoms with Crippen LogP contribution >= 0.6 is 0 Å². The summed E-state index contributed by atoms with van der Waals surface area (Å²) in [6.45, 7) is -1.56. The number of aromatic nitrogens is 2. The average molecular weight is 314 g/mol. The molecule has 1 aromatic rings. The second kappa shape index (κ2) is 6.83. The fraction of sp³-hybridized carbons (Fsp3) is 0.200. The molecule has 0 aliphatic rings. The van der Waals surface area contributed by atoms with Crippen molar-refractivity contribution < 1.29 is 29.4 Å². The number of amides is 3. The minimum Gasteiger partial charge on any atom is -0.480 e. The third kappa shape index (κ3) is 4.59. The maximum atomic E-state index is 11.7. The van der Waals surface area contributed by atoms with Crippen LogP contribution in [0.1, 0.15) is 10.4 Å². The molecule has 0 atom stereocenters. The Hall–Kier alpha value is -3.44. The number of nitrogens with zero attached hydrogens (tertiary/aromatic N) is 1. The molecule has 0 aromatic carbocycles. The van der Waals surface area contributed by atoms with E-state index in [0.29, 0.717) is 10.8 Å². The number of H-pyrrole nitrogens is 1. The van der Waals surface area contributed by atoms with Crippen LogP contribution in [0.25, 0.3) is 0 Å². The molecule has 0 aliphatic heterocycles. The SMILES string of the molecule is O=C(O)CNC(=O)NC(=O)c1cn(CC(=O)O)c(=O)[nH]c1=O. The summed E-state index contributed by atoms with van der Waals surface area (Å²) in [6.07, 6.45) is 0.676. The fourth-order valence-electron chi connectivity index (χ4n) is 1.30. The summed E-state index contributed by atoms with van der Waals surface area (Å²) in [6, 6.07) is -1.18. The Labute approximate surface area is 120 Å². The molecule has 12 nitrogen and oxygen atoms in total. The molecule has 0 saturated carbocycles. The number of nitrogens with one attached hydrogen (secondary N) is 3. The van der Waals surface area contributed by atoms with E-state index < -0.39 is 53.8 Å². The molecule has 5 N–H and O–H groups in total. The Morgan fingerprint density at radius 3 is 2.32 bits per heavy atom. The summed E-state index contributed by atoms with van der Waals surface area (Å²) in [5, 5.41) is 20.4. The number of imide groups is 1. The van der Waals surface area contributed by atoms with E-state index in [1.807, 2.05) is 5.32 Å². The molecular formula is C10H10N4O8. The number of aromatic amines is 1. The van der Waals surface area contributed by atoms with E-state index in [1.165, 1.54) is 0 Å². The molecule has 0 unspecified atom stereocenters. The van der Waals surface area contributed by atoms with Crippen LogP contribution in [0.2, 0.25) is 0 Å². The van der Waals surface area contributed by atoms with Crippen LogP contribution in [0.5, 0.6) is 0 Å². The van der Waals surface area contributed by atoms with Crippen molar-refractivity contribution in [3.05, 3.63) is 32.6 Å². The van der Waals surface area contributed by atoms with Crippen LogP contribution in [-0.2, 0) is 16.1 Å². The number of hydrogen-bond donors (Lipinski definition) is 5. The third-order valence-corrected chi connectivity index (χ3v) is 2.19. The van der Waals surface area contributed by atoms with Crippen molar-refractivity contribution in [2.24, 2.45) is 0 Å². The normalized spacial score (nSPS) is 9.82. The van der Waals surface area contributed by atoms with Gasteiger partial charge in [-0.25, -0.2) is 9.59 Å². The lowest BCUT2D eigenvalue weighted by Gasteiger charge is -2.06. The fourth-order valence-corrected chi connectivity index (χ4v) is 1.30. The van der Waals surface area contributed by atoms with Gasteiger partial charge in [0.05, 0.1) is 0 Å². The molecule has 12 heteroatoms. The maximum absolute atomic E-state index is 11.7. The molecule has 118 valence electrons. The van der Waals surface area contributed by atoms with Gasteiger partial charge in [0, 0.05) is 6.20 Å². The zero-order chi connectivity index (χ0) is 16.9. The number of carboxylic acids is 2. The molecule has 0 bridgehead atoms. The predicted molar refractivity (Wildman–Crippen MR) is 67.5 cm³/mol. The predicted octanol–water partition coefficient (Wildman–Crippen LogP) is -2.85. The molecule has 0 radical (unpaired) electrons. The van der Waals surface area contributed by atoms with Gasteiger partial charge in [-0.15, -0.1) is 0 Å². The molecule has 1 heterocycles. The highest BCUT2D eigenvalue weighted by Gasteiger charge is 2.17. The molecule has 0 spiro atoms. The van der Waals surface area contributed by atoms with Gasteiger partial charge in [0.1, 0.15) is 18.7 Å². The Morgan fingerprint density at radius 2 is 1.77 bits per heavy atom. The first-order valence-corrected chi connectivity index (χ1v) is 5.57. The smallest absolute Gasteiger partial charge is 0.328 e. The highest BCUT2D eigenvalue weighted by atomic mass is 16.4. The summed E-state index contributed by atoms with van der Waals surface area (Å²) >= 11 is 0. The van der Waals surface area contributed by atoms with Crippen molar-refractivity contribution in [1.29, 1.82) is 0 Å². The molecule has 3 amide bonds. The first-order chi connectivity index (χ1) is 10.2. The minimum atomic E-state index is -1.39. The Kier molecular flexibility index (Phi) is 5.16. The number of hydrogen-bond acceptors (Lipinski definition) is 6. The van der Waals surface area contributed by atoms with Gasteiger partial charge < -0.3 is 15.5 Å². The van der Waals surface area contributed by atoms with Crippen molar-refractivity contribution in [1.82, 2.24) is 20.2 Å². The van der Waals surface area contributed by atoms with Gasteiger partial charge in [0.15, 0.2) is 0 Å². The summed E-state index contributed by atoms with van der Waals surface area (Å²) in [5.74, 6) is -3.97. The molecule has 22 heavy (non-hydrogen) atoms. The number of carboxylic acid groups (broad SMARTS) is 2.